The number of nitrogens with two attached hydrogens (primary N) is 1. The van der Waals surface area contributed by atoms with Gasteiger partial charge >= 0.3 is 0 Å². The predicted octanol–water partition coefficient (Wildman–Crippen LogP) is 2.98. The number of halogens is 1. The van der Waals surface area contributed by atoms with Crippen LogP contribution in [0.1, 0.15) is 30.9 Å². The van der Waals surface area contributed by atoms with E-state index in [9.17, 15) is 0 Å². The van der Waals surface area contributed by atoms with E-state index in [0.29, 0.717) is 6.79 Å². The minimum absolute atomic E-state index is 0.0939. The zero-order valence-corrected chi connectivity index (χ0v) is 10.5. The summed E-state index contributed by atoms with van der Waals surface area (Å²) < 4.78 is 11.7. The first-order valence-corrected chi connectivity index (χ1v) is 6.38. The first-order valence-electron chi connectivity index (χ1n) is 5.58. The summed E-state index contributed by atoms with van der Waals surface area (Å²) in [6, 6.07) is 4.04. The minimum atomic E-state index is 0.0939. The normalized spacial score (nSPS) is 19.9. The molecule has 0 spiro atoms. The number of benzene rings is 1. The largest absolute Gasteiger partial charge is 0.454 e. The van der Waals surface area contributed by atoms with Crippen molar-refractivity contribution in [1.82, 2.24) is 0 Å². The smallest absolute Gasteiger partial charge is 0.231 e. The van der Waals surface area contributed by atoms with Crippen LogP contribution < -0.4 is 15.2 Å². The monoisotopic (exact) mass is 283 g/mol. The fraction of sp³-hybridized carbons (Fsp3) is 0.500. The molecule has 0 radical (unpaired) electrons. The van der Waals surface area contributed by atoms with Crippen molar-refractivity contribution < 1.29 is 9.47 Å². The highest BCUT2D eigenvalue weighted by Crippen LogP contribution is 2.42. The van der Waals surface area contributed by atoms with Crippen LogP contribution in [0, 0.1) is 5.92 Å². The second-order valence-electron chi connectivity index (χ2n) is 4.51. The molecule has 1 atom stereocenters. The Bertz CT molecular complexity index is 418. The summed E-state index contributed by atoms with van der Waals surface area (Å²) in [5.74, 6) is 2.44. The van der Waals surface area contributed by atoms with Crippen molar-refractivity contribution in [3.05, 3.63) is 22.2 Å². The maximum Gasteiger partial charge on any atom is 0.231 e. The van der Waals surface area contributed by atoms with Gasteiger partial charge in [0.05, 0.1) is 0 Å². The molecular weight excluding hydrogens is 270 g/mol. The molecule has 1 aliphatic heterocycles. The van der Waals surface area contributed by atoms with Crippen molar-refractivity contribution >= 4 is 15.9 Å². The molecule has 0 aromatic heterocycles. The molecule has 1 fully saturated rings. The van der Waals surface area contributed by atoms with Crippen molar-refractivity contribution in [1.29, 1.82) is 0 Å². The van der Waals surface area contributed by atoms with Gasteiger partial charge < -0.3 is 15.2 Å². The van der Waals surface area contributed by atoms with Gasteiger partial charge in [-0.2, -0.15) is 0 Å². The molecule has 2 N–H and O–H groups in total. The van der Waals surface area contributed by atoms with E-state index in [1.54, 1.807) is 0 Å². The van der Waals surface area contributed by atoms with Gasteiger partial charge in [-0.25, -0.2) is 0 Å². The molecule has 0 amide bonds. The maximum absolute atomic E-state index is 6.20. The molecule has 0 saturated heterocycles. The van der Waals surface area contributed by atoms with Gasteiger partial charge in [0.25, 0.3) is 0 Å². The highest BCUT2D eigenvalue weighted by molar-refractivity contribution is 9.10. The molecule has 3 rings (SSSR count). The Balaban J connectivity index is 1.87. The van der Waals surface area contributed by atoms with Gasteiger partial charge in [0.2, 0.25) is 6.79 Å². The fourth-order valence-electron chi connectivity index (χ4n) is 2.06. The third kappa shape index (κ3) is 1.92. The zero-order valence-electron chi connectivity index (χ0n) is 8.91. The lowest BCUT2D eigenvalue weighted by Gasteiger charge is -2.14. The number of ether oxygens (including phenoxy) is 2. The highest BCUT2D eigenvalue weighted by Gasteiger charge is 2.26. The third-order valence-corrected chi connectivity index (χ3v) is 3.86. The Hall–Kier alpha value is -0.740. The molecule has 3 nitrogen and oxygen atoms in total. The van der Waals surface area contributed by atoms with Gasteiger partial charge in [0.1, 0.15) is 0 Å². The van der Waals surface area contributed by atoms with Gasteiger partial charge in [0.15, 0.2) is 11.5 Å². The molecule has 0 bridgehead atoms. The first kappa shape index (κ1) is 10.4. The minimum Gasteiger partial charge on any atom is -0.454 e. The molecule has 1 aliphatic carbocycles. The summed E-state index contributed by atoms with van der Waals surface area (Å²) in [5, 5.41) is 0. The van der Waals surface area contributed by atoms with E-state index >= 15 is 0 Å². The van der Waals surface area contributed by atoms with Crippen molar-refractivity contribution in [3.8, 4) is 11.5 Å². The SMILES string of the molecule is N[C@H](CC1CC1)c1cc2c(cc1Br)OCO2. The molecule has 16 heavy (non-hydrogen) atoms. The molecular formula is C12H14BrNO2. The van der Waals surface area contributed by atoms with Crippen LogP contribution in [0.2, 0.25) is 0 Å². The number of hydrogen-bond donors (Lipinski definition) is 1. The quantitative estimate of drug-likeness (QED) is 0.928. The summed E-state index contributed by atoms with van der Waals surface area (Å²) in [6.07, 6.45) is 3.73. The molecule has 1 heterocycles. The third-order valence-electron chi connectivity index (χ3n) is 3.18. The summed E-state index contributed by atoms with van der Waals surface area (Å²) in [5.41, 5.74) is 7.33. The molecule has 1 aromatic carbocycles. The van der Waals surface area contributed by atoms with Crippen LogP contribution in [0.15, 0.2) is 16.6 Å². The number of rotatable bonds is 3. The molecule has 0 unspecified atom stereocenters. The van der Waals surface area contributed by atoms with E-state index in [4.69, 9.17) is 15.2 Å². The molecule has 4 heteroatoms. The molecule has 2 aliphatic rings. The first-order chi connectivity index (χ1) is 7.74. The van der Waals surface area contributed by atoms with Gasteiger partial charge in [-0.3, -0.25) is 0 Å². The second-order valence-corrected chi connectivity index (χ2v) is 5.37. The van der Waals surface area contributed by atoms with Gasteiger partial charge in [-0.1, -0.05) is 28.8 Å². The van der Waals surface area contributed by atoms with Crippen LogP contribution in [0.5, 0.6) is 11.5 Å². The summed E-state index contributed by atoms with van der Waals surface area (Å²) in [7, 11) is 0. The number of fused-ring (bicyclic) bond motifs is 1. The standard InChI is InChI=1S/C12H14BrNO2/c13-9-5-12-11(15-6-16-12)4-8(9)10(14)3-7-1-2-7/h4-5,7,10H,1-3,6,14H2/t10-/m1/s1. The van der Waals surface area contributed by atoms with E-state index in [2.05, 4.69) is 15.9 Å². The molecule has 1 saturated carbocycles. The summed E-state index contributed by atoms with van der Waals surface area (Å²) in [4.78, 5) is 0. The molecule has 1 aromatic rings. The summed E-state index contributed by atoms with van der Waals surface area (Å²) >= 11 is 3.55. The maximum atomic E-state index is 6.20. The lowest BCUT2D eigenvalue weighted by molar-refractivity contribution is 0.174. The Morgan fingerprint density at radius 3 is 2.69 bits per heavy atom. The average Bonchev–Trinajstić information content (AvgIpc) is 2.94. The Kier molecular flexibility index (Phi) is 2.56. The number of hydrogen-bond acceptors (Lipinski definition) is 3. The van der Waals surface area contributed by atoms with Crippen molar-refractivity contribution in [2.24, 2.45) is 11.7 Å². The van der Waals surface area contributed by atoms with Crippen LogP contribution in [-0.2, 0) is 0 Å². The fourth-order valence-corrected chi connectivity index (χ4v) is 2.67. The van der Waals surface area contributed by atoms with Gasteiger partial charge in [-0.05, 0) is 30.0 Å². The predicted molar refractivity (Wildman–Crippen MR) is 64.5 cm³/mol. The van der Waals surface area contributed by atoms with E-state index in [1.807, 2.05) is 12.1 Å². The van der Waals surface area contributed by atoms with Crippen LogP contribution in [0.3, 0.4) is 0 Å². The summed E-state index contributed by atoms with van der Waals surface area (Å²) in [6.45, 7) is 0.309. The Labute approximate surface area is 103 Å². The van der Waals surface area contributed by atoms with E-state index in [1.165, 1.54) is 12.8 Å². The lowest BCUT2D eigenvalue weighted by Crippen LogP contribution is -2.11. The van der Waals surface area contributed by atoms with Crippen molar-refractivity contribution in [3.63, 3.8) is 0 Å². The average molecular weight is 284 g/mol. The van der Waals surface area contributed by atoms with Crippen molar-refractivity contribution in [2.75, 3.05) is 6.79 Å². The topological polar surface area (TPSA) is 44.5 Å². The van der Waals surface area contributed by atoms with Crippen molar-refractivity contribution in [2.45, 2.75) is 25.3 Å². The van der Waals surface area contributed by atoms with E-state index in [0.717, 1.165) is 33.9 Å². The highest BCUT2D eigenvalue weighted by atomic mass is 79.9. The van der Waals surface area contributed by atoms with E-state index < -0.39 is 0 Å². The van der Waals surface area contributed by atoms with Gasteiger partial charge in [0, 0.05) is 10.5 Å². The second kappa shape index (κ2) is 3.93. The Morgan fingerprint density at radius 1 is 1.31 bits per heavy atom. The van der Waals surface area contributed by atoms with Crippen LogP contribution >= 0.6 is 15.9 Å². The lowest BCUT2D eigenvalue weighted by atomic mass is 10.0. The molecule has 86 valence electrons. The van der Waals surface area contributed by atoms with Gasteiger partial charge in [-0.15, -0.1) is 0 Å². The van der Waals surface area contributed by atoms with Crippen LogP contribution in [0.4, 0.5) is 0 Å². The zero-order chi connectivity index (χ0) is 11.1. The van der Waals surface area contributed by atoms with Crippen LogP contribution in [-0.4, -0.2) is 6.79 Å². The van der Waals surface area contributed by atoms with E-state index in [-0.39, 0.29) is 6.04 Å². The Morgan fingerprint density at radius 2 is 2.00 bits per heavy atom. The van der Waals surface area contributed by atoms with Crippen LogP contribution in [0.25, 0.3) is 0 Å².